The van der Waals surface area contributed by atoms with Gasteiger partial charge in [-0.25, -0.2) is 0 Å². The summed E-state index contributed by atoms with van der Waals surface area (Å²) in [6.45, 7) is 2.30. The summed E-state index contributed by atoms with van der Waals surface area (Å²) in [5.41, 5.74) is 1.69. The number of fused-ring (bicyclic) bond motifs is 1. The summed E-state index contributed by atoms with van der Waals surface area (Å²) in [6.07, 6.45) is 2.38. The van der Waals surface area contributed by atoms with Crippen molar-refractivity contribution in [2.75, 3.05) is 6.61 Å². The predicted molar refractivity (Wildman–Crippen MR) is 84.9 cm³/mol. The number of carbonyl (C=O) groups is 2. The highest BCUT2D eigenvalue weighted by atomic mass is 16.5. The summed E-state index contributed by atoms with van der Waals surface area (Å²) in [6, 6.07) is 12.2. The van der Waals surface area contributed by atoms with Crippen LogP contribution < -0.4 is 5.32 Å². The summed E-state index contributed by atoms with van der Waals surface area (Å²) in [5, 5.41) is 3.00. The number of hydrogen-bond acceptors (Lipinski definition) is 5. The van der Waals surface area contributed by atoms with Crippen molar-refractivity contribution in [1.29, 1.82) is 0 Å². The monoisotopic (exact) mass is 308 g/mol. The number of allylic oxidation sites excluding steroid dienone is 2. The maximum absolute atomic E-state index is 12.6. The Morgan fingerprint density at radius 1 is 1.09 bits per heavy atom. The van der Waals surface area contributed by atoms with Gasteiger partial charge in [0.2, 0.25) is 5.78 Å². The lowest BCUT2D eigenvalue weighted by Crippen LogP contribution is -2.31. The van der Waals surface area contributed by atoms with Crippen molar-refractivity contribution < 1.29 is 14.3 Å². The molecule has 0 saturated heterocycles. The first kappa shape index (κ1) is 15.1. The molecular weight excluding hydrogens is 292 g/mol. The molecule has 116 valence electrons. The van der Waals surface area contributed by atoms with Crippen LogP contribution in [-0.2, 0) is 4.74 Å². The highest BCUT2D eigenvalue weighted by Crippen LogP contribution is 2.22. The van der Waals surface area contributed by atoms with E-state index < -0.39 is 6.23 Å². The minimum atomic E-state index is -0.588. The predicted octanol–water partition coefficient (Wildman–Crippen LogP) is 2.67. The van der Waals surface area contributed by atoms with E-state index in [4.69, 9.17) is 4.74 Å². The van der Waals surface area contributed by atoms with Gasteiger partial charge < -0.3 is 10.1 Å². The van der Waals surface area contributed by atoms with Crippen LogP contribution in [0.3, 0.4) is 0 Å². The van der Waals surface area contributed by atoms with Gasteiger partial charge in [-0.1, -0.05) is 30.3 Å². The van der Waals surface area contributed by atoms with Crippen LogP contribution in [0, 0.1) is 0 Å². The van der Waals surface area contributed by atoms with Gasteiger partial charge in [0, 0.05) is 30.0 Å². The smallest absolute Gasteiger partial charge is 0.209 e. The largest absolute Gasteiger partial charge is 0.353 e. The molecule has 0 spiro atoms. The number of hydrogen-bond donors (Lipinski definition) is 1. The number of benzene rings is 1. The number of rotatable bonds is 5. The Bertz CT molecular complexity index is 769. The molecule has 1 aromatic carbocycles. The average Bonchev–Trinajstić information content (AvgIpc) is 2.60. The molecule has 2 aromatic rings. The molecule has 0 bridgehead atoms. The van der Waals surface area contributed by atoms with E-state index in [1.165, 1.54) is 6.08 Å². The molecule has 5 nitrogen and oxygen atoms in total. The second-order valence-corrected chi connectivity index (χ2v) is 5.03. The van der Waals surface area contributed by atoms with Crippen molar-refractivity contribution in [2.24, 2.45) is 0 Å². The van der Waals surface area contributed by atoms with E-state index in [1.54, 1.807) is 42.6 Å². The Hall–Kier alpha value is -2.79. The number of aromatic nitrogens is 1. The van der Waals surface area contributed by atoms with Gasteiger partial charge in [-0.15, -0.1) is 0 Å². The zero-order chi connectivity index (χ0) is 16.2. The topological polar surface area (TPSA) is 68.3 Å². The molecule has 1 N–H and O–H groups in total. The van der Waals surface area contributed by atoms with Gasteiger partial charge >= 0.3 is 0 Å². The first-order valence-corrected chi connectivity index (χ1v) is 7.39. The number of pyridine rings is 1. The zero-order valence-corrected chi connectivity index (χ0v) is 12.7. The molecule has 0 aliphatic heterocycles. The van der Waals surface area contributed by atoms with Gasteiger partial charge in [0.25, 0.3) is 0 Å². The van der Waals surface area contributed by atoms with Crippen LogP contribution in [0.25, 0.3) is 0 Å². The Labute approximate surface area is 134 Å². The number of nitrogens with zero attached hydrogens (tertiary/aromatic N) is 1. The first-order valence-electron chi connectivity index (χ1n) is 7.39. The quantitative estimate of drug-likeness (QED) is 0.860. The Balaban J connectivity index is 1.90. The van der Waals surface area contributed by atoms with Crippen molar-refractivity contribution in [1.82, 2.24) is 10.3 Å². The molecule has 0 amide bonds. The molecule has 1 aromatic heterocycles. The zero-order valence-electron chi connectivity index (χ0n) is 12.7. The lowest BCUT2D eigenvalue weighted by Gasteiger charge is -2.23. The third kappa shape index (κ3) is 3.05. The van der Waals surface area contributed by atoms with Gasteiger partial charge in [-0.2, -0.15) is 0 Å². The van der Waals surface area contributed by atoms with Gasteiger partial charge in [-0.3, -0.25) is 14.6 Å². The van der Waals surface area contributed by atoms with E-state index in [-0.39, 0.29) is 17.3 Å². The molecule has 5 heteroatoms. The van der Waals surface area contributed by atoms with Crippen LogP contribution >= 0.6 is 0 Å². The third-order valence-electron chi connectivity index (χ3n) is 3.53. The van der Waals surface area contributed by atoms with E-state index in [0.717, 1.165) is 0 Å². The summed E-state index contributed by atoms with van der Waals surface area (Å²) in [4.78, 5) is 29.0. The van der Waals surface area contributed by atoms with E-state index in [0.29, 0.717) is 23.4 Å². The Kier molecular flexibility index (Phi) is 4.30. The Morgan fingerprint density at radius 3 is 2.52 bits per heavy atom. The minimum Gasteiger partial charge on any atom is -0.353 e. The highest BCUT2D eigenvalue weighted by molar-refractivity contribution is 6.24. The van der Waals surface area contributed by atoms with Crippen LogP contribution in [-0.4, -0.2) is 23.2 Å². The minimum absolute atomic E-state index is 0.195. The fourth-order valence-electron chi connectivity index (χ4n) is 2.46. The van der Waals surface area contributed by atoms with Crippen molar-refractivity contribution >= 4 is 11.6 Å². The summed E-state index contributed by atoms with van der Waals surface area (Å²) >= 11 is 0. The second kappa shape index (κ2) is 6.54. The molecular formula is C18H16N2O3. The summed E-state index contributed by atoms with van der Waals surface area (Å²) in [7, 11) is 0. The van der Waals surface area contributed by atoms with Crippen LogP contribution in [0.4, 0.5) is 0 Å². The molecule has 0 fully saturated rings. The normalized spacial score (nSPS) is 14.9. The van der Waals surface area contributed by atoms with Crippen LogP contribution in [0.2, 0.25) is 0 Å². The van der Waals surface area contributed by atoms with Crippen LogP contribution in [0.5, 0.6) is 0 Å². The number of nitrogens with one attached hydrogen (secondary N) is 1. The third-order valence-corrected chi connectivity index (χ3v) is 3.53. The van der Waals surface area contributed by atoms with Gasteiger partial charge in [0.15, 0.2) is 12.0 Å². The van der Waals surface area contributed by atoms with Crippen LogP contribution in [0.15, 0.2) is 60.4 Å². The molecule has 0 saturated carbocycles. The van der Waals surface area contributed by atoms with E-state index in [1.807, 2.05) is 13.0 Å². The number of ketones is 2. The molecule has 1 atom stereocenters. The number of ether oxygens (including phenoxy) is 1. The molecule has 23 heavy (non-hydrogen) atoms. The number of carbonyl (C=O) groups excluding carboxylic acids is 2. The lowest BCUT2D eigenvalue weighted by atomic mass is 9.92. The molecule has 1 aliphatic rings. The van der Waals surface area contributed by atoms with Crippen molar-refractivity contribution in [2.45, 2.75) is 13.2 Å². The van der Waals surface area contributed by atoms with Gasteiger partial charge in [0.1, 0.15) is 0 Å². The highest BCUT2D eigenvalue weighted by Gasteiger charge is 2.27. The fraction of sp³-hybridized carbons (Fsp3) is 0.167. The Morgan fingerprint density at radius 2 is 1.83 bits per heavy atom. The summed E-state index contributed by atoms with van der Waals surface area (Å²) in [5.74, 6) is -0.417. The van der Waals surface area contributed by atoms with E-state index in [2.05, 4.69) is 10.3 Å². The molecule has 1 heterocycles. The molecule has 0 radical (unpaired) electrons. The van der Waals surface area contributed by atoms with Gasteiger partial charge in [-0.05, 0) is 19.1 Å². The second-order valence-electron chi connectivity index (χ2n) is 5.03. The standard InChI is InChI=1S/C18H16N2O3/c1-2-23-18(14-9-5-6-10-19-14)20-15-11-16(21)12-7-3-4-8-13(12)17(15)22/h3-11,18,20H,2H2,1H3/t18-/m0/s1. The average molecular weight is 308 g/mol. The molecule has 1 aliphatic carbocycles. The lowest BCUT2D eigenvalue weighted by molar-refractivity contribution is 0.0404. The van der Waals surface area contributed by atoms with E-state index >= 15 is 0 Å². The first-order chi connectivity index (χ1) is 11.2. The summed E-state index contributed by atoms with van der Waals surface area (Å²) < 4.78 is 5.62. The van der Waals surface area contributed by atoms with Crippen molar-refractivity contribution in [3.8, 4) is 0 Å². The van der Waals surface area contributed by atoms with Crippen molar-refractivity contribution in [3.05, 3.63) is 77.3 Å². The van der Waals surface area contributed by atoms with Crippen molar-refractivity contribution in [3.63, 3.8) is 0 Å². The van der Waals surface area contributed by atoms with E-state index in [9.17, 15) is 9.59 Å². The molecule has 3 rings (SSSR count). The fourth-order valence-corrected chi connectivity index (χ4v) is 2.46. The molecule has 0 unspecified atom stereocenters. The maximum Gasteiger partial charge on any atom is 0.209 e. The maximum atomic E-state index is 12.6. The van der Waals surface area contributed by atoms with Crippen LogP contribution in [0.1, 0.15) is 39.6 Å². The van der Waals surface area contributed by atoms with Gasteiger partial charge in [0.05, 0.1) is 11.4 Å². The SMILES string of the molecule is CCO[C@H](NC1=CC(=O)c2ccccc2C1=O)c1ccccn1. The number of Topliss-reactive ketones (excluding diaryl/α,β-unsaturated/α-hetero) is 1.